The first-order valence-electron chi connectivity index (χ1n) is 8.70. The van der Waals surface area contributed by atoms with Crippen LogP contribution in [0.15, 0.2) is 22.2 Å². The number of carboxylic acid groups (broad SMARTS) is 1. The zero-order valence-electron chi connectivity index (χ0n) is 15.2. The molecule has 2 aromatic rings. The molecule has 1 saturated carbocycles. The van der Waals surface area contributed by atoms with Gasteiger partial charge in [0.1, 0.15) is 24.0 Å². The minimum absolute atomic E-state index is 0.00632. The minimum atomic E-state index is -1.37. The summed E-state index contributed by atoms with van der Waals surface area (Å²) < 4.78 is 16.2. The lowest BCUT2D eigenvalue weighted by atomic mass is 10.0. The Morgan fingerprint density at radius 2 is 2.32 bits per heavy atom. The van der Waals surface area contributed by atoms with E-state index in [2.05, 4.69) is 15.0 Å². The summed E-state index contributed by atoms with van der Waals surface area (Å²) in [7, 11) is 1.38. The van der Waals surface area contributed by atoms with E-state index in [1.807, 2.05) is 0 Å². The third-order valence-corrected chi connectivity index (χ3v) is 4.56. The van der Waals surface area contributed by atoms with Gasteiger partial charge in [0.2, 0.25) is 5.43 Å². The highest BCUT2D eigenvalue weighted by Crippen LogP contribution is 2.36. The summed E-state index contributed by atoms with van der Waals surface area (Å²) in [5, 5.41) is 21.0. The van der Waals surface area contributed by atoms with Crippen molar-refractivity contribution >= 4 is 28.9 Å². The number of fused-ring (bicyclic) bond motifs is 1. The molecule has 0 amide bonds. The summed E-state index contributed by atoms with van der Waals surface area (Å²) in [6.45, 7) is 0.180. The predicted octanol–water partition coefficient (Wildman–Crippen LogP) is 1.53. The molecule has 0 bridgehead atoms. The van der Waals surface area contributed by atoms with Crippen LogP contribution in [0, 0.1) is 17.1 Å². The number of oxime groups is 1. The molecule has 1 atom stereocenters. The van der Waals surface area contributed by atoms with Crippen LogP contribution in [0.25, 0.3) is 11.0 Å². The number of nitrogens with one attached hydrogen (secondary N) is 1. The summed E-state index contributed by atoms with van der Waals surface area (Å²) in [4.78, 5) is 32.6. The van der Waals surface area contributed by atoms with Gasteiger partial charge in [-0.3, -0.25) is 4.79 Å². The number of nitrogens with two attached hydrogens (primary N) is 1. The molecule has 10 heteroatoms. The van der Waals surface area contributed by atoms with E-state index in [0.29, 0.717) is 0 Å². The van der Waals surface area contributed by atoms with Crippen molar-refractivity contribution in [3.63, 3.8) is 0 Å². The maximum absolute atomic E-state index is 14.6. The lowest BCUT2D eigenvalue weighted by Gasteiger charge is -2.14. The van der Waals surface area contributed by atoms with Crippen molar-refractivity contribution in [3.8, 4) is 0 Å². The maximum atomic E-state index is 14.6. The third kappa shape index (κ3) is 3.77. The van der Waals surface area contributed by atoms with Gasteiger partial charge in [-0.05, 0) is 18.9 Å². The van der Waals surface area contributed by atoms with E-state index < -0.39 is 22.8 Å². The second kappa shape index (κ2) is 7.85. The monoisotopic (exact) mass is 389 g/mol. The van der Waals surface area contributed by atoms with Gasteiger partial charge in [-0.2, -0.15) is 0 Å². The van der Waals surface area contributed by atoms with Gasteiger partial charge >= 0.3 is 5.97 Å². The molecular weight excluding hydrogens is 369 g/mol. The van der Waals surface area contributed by atoms with Gasteiger partial charge in [0.05, 0.1) is 11.1 Å². The highest BCUT2D eigenvalue weighted by Gasteiger charge is 2.28. The molecule has 0 radical (unpaired) electrons. The number of nitrogens with zero attached hydrogens (tertiary/aromatic N) is 3. The maximum Gasteiger partial charge on any atom is 0.341 e. The summed E-state index contributed by atoms with van der Waals surface area (Å²) >= 11 is 0. The van der Waals surface area contributed by atoms with Crippen molar-refractivity contribution in [1.29, 1.82) is 5.41 Å². The first kappa shape index (κ1) is 19.6. The molecule has 148 valence electrons. The molecular formula is C18H20FN5O4. The molecule has 2 heterocycles. The standard InChI is InChI=1S/C18H20FN5O4/c1-28-22-7-9(6-20)4-14(21)15-13(19)5-11-16(25)12(18(26)27)8-24(10-2-3-10)17(11)23-15/h5,7-10,21H,2-4,6,20H2,1H3,(H,26,27)/b21-14?,22-7-. The number of pyridine rings is 2. The van der Waals surface area contributed by atoms with Gasteiger partial charge in [-0.1, -0.05) is 5.16 Å². The molecule has 3 rings (SSSR count). The Balaban J connectivity index is 2.09. The number of carbonyl (C=O) groups is 1. The first-order valence-corrected chi connectivity index (χ1v) is 8.70. The highest BCUT2D eigenvalue weighted by molar-refractivity contribution is 6.00. The lowest BCUT2D eigenvalue weighted by molar-refractivity contribution is 0.0695. The molecule has 0 spiro atoms. The highest BCUT2D eigenvalue weighted by atomic mass is 19.1. The molecule has 28 heavy (non-hydrogen) atoms. The quantitative estimate of drug-likeness (QED) is 0.461. The molecule has 4 N–H and O–H groups in total. The van der Waals surface area contributed by atoms with Crippen LogP contribution in [0.1, 0.15) is 41.4 Å². The van der Waals surface area contributed by atoms with Crippen molar-refractivity contribution in [2.24, 2.45) is 16.8 Å². The van der Waals surface area contributed by atoms with E-state index >= 15 is 0 Å². The Labute approximate surface area is 159 Å². The molecule has 1 aliphatic carbocycles. The summed E-state index contributed by atoms with van der Waals surface area (Å²) in [5.74, 6) is -2.58. The van der Waals surface area contributed by atoms with Crippen molar-refractivity contribution in [2.75, 3.05) is 13.7 Å². The number of carboxylic acids is 1. The van der Waals surface area contributed by atoms with E-state index in [-0.39, 0.29) is 47.4 Å². The van der Waals surface area contributed by atoms with Gasteiger partial charge in [0.25, 0.3) is 0 Å². The Bertz CT molecular complexity index is 1030. The predicted molar refractivity (Wildman–Crippen MR) is 101 cm³/mol. The van der Waals surface area contributed by atoms with Gasteiger partial charge in [-0.15, -0.1) is 0 Å². The summed E-state index contributed by atoms with van der Waals surface area (Å²) in [5.41, 5.74) is 4.29. The van der Waals surface area contributed by atoms with Crippen molar-refractivity contribution in [3.05, 3.63) is 39.6 Å². The fourth-order valence-corrected chi connectivity index (χ4v) is 2.94. The number of aromatic nitrogens is 2. The average Bonchev–Trinajstić information content (AvgIpc) is 3.50. The molecule has 0 aliphatic heterocycles. The van der Waals surface area contributed by atoms with Crippen LogP contribution < -0.4 is 11.2 Å². The van der Waals surface area contributed by atoms with Crippen molar-refractivity contribution in [2.45, 2.75) is 25.3 Å². The largest absolute Gasteiger partial charge is 0.477 e. The Morgan fingerprint density at radius 1 is 1.61 bits per heavy atom. The number of hydrogen-bond acceptors (Lipinski definition) is 7. The number of halogens is 1. The molecule has 1 aliphatic rings. The molecule has 1 fully saturated rings. The van der Waals surface area contributed by atoms with Crippen LogP contribution in [-0.4, -0.2) is 46.2 Å². The molecule has 2 aromatic heterocycles. The smallest absolute Gasteiger partial charge is 0.341 e. The second-order valence-corrected chi connectivity index (χ2v) is 6.62. The van der Waals surface area contributed by atoms with E-state index in [4.69, 9.17) is 11.1 Å². The van der Waals surface area contributed by atoms with Crippen LogP contribution in [0.2, 0.25) is 0 Å². The number of rotatable bonds is 8. The zero-order valence-corrected chi connectivity index (χ0v) is 15.2. The Kier molecular flexibility index (Phi) is 5.50. The van der Waals surface area contributed by atoms with Gasteiger partial charge in [-0.25, -0.2) is 14.2 Å². The Morgan fingerprint density at radius 3 is 2.89 bits per heavy atom. The van der Waals surface area contributed by atoms with Crippen LogP contribution >= 0.6 is 0 Å². The van der Waals surface area contributed by atoms with E-state index in [1.165, 1.54) is 19.5 Å². The van der Waals surface area contributed by atoms with Crippen molar-refractivity contribution < 1.29 is 19.1 Å². The molecule has 1 unspecified atom stereocenters. The van der Waals surface area contributed by atoms with Crippen LogP contribution in [-0.2, 0) is 4.84 Å². The van der Waals surface area contributed by atoms with Crippen LogP contribution in [0.5, 0.6) is 0 Å². The lowest BCUT2D eigenvalue weighted by Crippen LogP contribution is -2.23. The zero-order chi connectivity index (χ0) is 20.4. The SMILES string of the molecule is CO/N=C\C(CN)CC(=N)c1nc2c(cc1F)c(=O)c(C(=O)O)cn2C1CC1. The molecule has 0 aromatic carbocycles. The van der Waals surface area contributed by atoms with E-state index in [9.17, 15) is 19.1 Å². The van der Waals surface area contributed by atoms with E-state index in [0.717, 1.165) is 18.9 Å². The minimum Gasteiger partial charge on any atom is -0.477 e. The van der Waals surface area contributed by atoms with Crippen LogP contribution in [0.4, 0.5) is 4.39 Å². The summed E-state index contributed by atoms with van der Waals surface area (Å²) in [6.07, 6.45) is 4.39. The average molecular weight is 389 g/mol. The third-order valence-electron chi connectivity index (χ3n) is 4.56. The Hall–Kier alpha value is -3.14. The normalized spacial score (nSPS) is 15.1. The van der Waals surface area contributed by atoms with Gasteiger partial charge in [0.15, 0.2) is 5.82 Å². The van der Waals surface area contributed by atoms with Gasteiger partial charge < -0.3 is 25.7 Å². The summed E-state index contributed by atoms with van der Waals surface area (Å²) in [6, 6.07) is 0.965. The topological polar surface area (TPSA) is 144 Å². The molecule has 9 nitrogen and oxygen atoms in total. The second-order valence-electron chi connectivity index (χ2n) is 6.62. The number of aromatic carboxylic acids is 1. The first-order chi connectivity index (χ1) is 13.4. The van der Waals surface area contributed by atoms with Gasteiger partial charge in [0, 0.05) is 37.3 Å². The van der Waals surface area contributed by atoms with Crippen LogP contribution in [0.3, 0.4) is 0 Å². The van der Waals surface area contributed by atoms with E-state index in [1.54, 1.807) is 4.57 Å². The molecule has 0 saturated heterocycles. The number of hydrogen-bond donors (Lipinski definition) is 3. The fraction of sp³-hybridized carbons (Fsp3) is 0.389. The van der Waals surface area contributed by atoms with Crippen molar-refractivity contribution in [1.82, 2.24) is 9.55 Å². The fourth-order valence-electron chi connectivity index (χ4n) is 2.94.